The summed E-state index contributed by atoms with van der Waals surface area (Å²) in [6.07, 6.45) is -0.378. The average Bonchev–Trinajstić information content (AvgIpc) is 2.75. The van der Waals surface area contributed by atoms with Gasteiger partial charge in [0.05, 0.1) is 39.3 Å². The molecule has 1 amide bonds. The molecule has 162 valence electrons. The van der Waals surface area contributed by atoms with Crippen molar-refractivity contribution in [1.82, 2.24) is 5.32 Å². The maximum atomic E-state index is 13.2. The zero-order valence-corrected chi connectivity index (χ0v) is 18.0. The van der Waals surface area contributed by atoms with E-state index in [1.807, 2.05) is 26.2 Å². The third kappa shape index (κ3) is 5.63. The fourth-order valence-electron chi connectivity index (χ4n) is 3.92. The van der Waals surface area contributed by atoms with E-state index < -0.39 is 0 Å². The number of benzene rings is 2. The number of quaternary nitrogens is 1. The number of piperazine rings is 1. The zero-order valence-electron chi connectivity index (χ0n) is 18.0. The number of hydrogen-bond donors (Lipinski definition) is 2. The molecule has 0 radical (unpaired) electrons. The summed E-state index contributed by atoms with van der Waals surface area (Å²) in [6.45, 7) is 6.31. The first-order chi connectivity index (χ1) is 14.5. The molecule has 0 aromatic heterocycles. The number of carbonyl (C=O) groups is 1. The Balaban J connectivity index is 1.70. The number of nitrogens with one attached hydrogen (secondary N) is 2. The summed E-state index contributed by atoms with van der Waals surface area (Å²) in [5, 5.41) is 2.92. The van der Waals surface area contributed by atoms with Gasteiger partial charge in [-0.05, 0) is 43.3 Å². The first-order valence-corrected chi connectivity index (χ1v) is 10.5. The van der Waals surface area contributed by atoms with Gasteiger partial charge >= 0.3 is 6.09 Å². The Kier molecular flexibility index (Phi) is 7.52. The lowest BCUT2D eigenvalue weighted by atomic mass is 10.0. The summed E-state index contributed by atoms with van der Waals surface area (Å²) < 4.78 is 18.3. The Hall–Kier alpha value is -2.80. The monoisotopic (exact) mass is 415 g/mol. The zero-order chi connectivity index (χ0) is 21.5. The highest BCUT2D eigenvalue weighted by atomic mass is 19.1. The van der Waals surface area contributed by atoms with Crippen LogP contribution in [0.25, 0.3) is 0 Å². The quantitative estimate of drug-likeness (QED) is 0.727. The van der Waals surface area contributed by atoms with Gasteiger partial charge in [-0.25, -0.2) is 9.18 Å². The van der Waals surface area contributed by atoms with Crippen molar-refractivity contribution in [3.05, 3.63) is 59.9 Å². The molecule has 3 rings (SSSR count). The van der Waals surface area contributed by atoms with Crippen LogP contribution in [0.2, 0.25) is 0 Å². The van der Waals surface area contributed by atoms with Gasteiger partial charge in [0, 0.05) is 31.0 Å². The second-order valence-electron chi connectivity index (χ2n) is 7.76. The van der Waals surface area contributed by atoms with Gasteiger partial charge in [0.1, 0.15) is 11.9 Å². The molecule has 0 unspecified atom stereocenters. The van der Waals surface area contributed by atoms with Gasteiger partial charge in [0.15, 0.2) is 0 Å². The number of nitrogens with zero attached hydrogens (tertiary/aromatic N) is 2. The molecule has 0 spiro atoms. The van der Waals surface area contributed by atoms with E-state index in [-0.39, 0.29) is 18.0 Å². The first kappa shape index (κ1) is 21.9. The predicted octanol–water partition coefficient (Wildman–Crippen LogP) is 2.08. The normalized spacial score (nSPS) is 15.5. The number of rotatable bonds is 7. The van der Waals surface area contributed by atoms with Crippen molar-refractivity contribution in [3.8, 4) is 0 Å². The maximum absolute atomic E-state index is 13.2. The molecule has 1 aliphatic rings. The van der Waals surface area contributed by atoms with Crippen LogP contribution < -0.4 is 20.0 Å². The lowest BCUT2D eigenvalue weighted by Gasteiger charge is -2.38. The molecule has 2 aromatic rings. The summed E-state index contributed by atoms with van der Waals surface area (Å²) in [5.74, 6) is -0.214. The molecule has 30 heavy (non-hydrogen) atoms. The van der Waals surface area contributed by atoms with Crippen molar-refractivity contribution < 1.29 is 18.8 Å². The highest BCUT2D eigenvalue weighted by Gasteiger charge is 2.29. The number of ether oxygens (including phenoxy) is 1. The van der Waals surface area contributed by atoms with Crippen LogP contribution in [0, 0.1) is 5.82 Å². The van der Waals surface area contributed by atoms with Gasteiger partial charge in [-0.1, -0.05) is 12.1 Å². The van der Waals surface area contributed by atoms with Crippen LogP contribution in [0.5, 0.6) is 0 Å². The summed E-state index contributed by atoms with van der Waals surface area (Å²) in [7, 11) is 4.05. The van der Waals surface area contributed by atoms with Gasteiger partial charge in [-0.15, -0.1) is 0 Å². The van der Waals surface area contributed by atoms with E-state index >= 15 is 0 Å². The topological polar surface area (TPSA) is 49.2 Å². The minimum atomic E-state index is -0.378. The fraction of sp³-hybridized carbons (Fsp3) is 0.435. The lowest BCUT2D eigenvalue weighted by molar-refractivity contribution is -0.931. The summed E-state index contributed by atoms with van der Waals surface area (Å²) in [5.41, 5.74) is 3.39. The van der Waals surface area contributed by atoms with Gasteiger partial charge in [0.25, 0.3) is 0 Å². The van der Waals surface area contributed by atoms with Crippen LogP contribution in [0.1, 0.15) is 18.5 Å². The second kappa shape index (κ2) is 10.3. The number of halogens is 1. The molecule has 0 bridgehead atoms. The van der Waals surface area contributed by atoms with Gasteiger partial charge in [-0.2, -0.15) is 0 Å². The number of alkyl carbamates (subject to hydrolysis) is 1. The van der Waals surface area contributed by atoms with Gasteiger partial charge in [0.2, 0.25) is 0 Å². The van der Waals surface area contributed by atoms with Gasteiger partial charge in [-0.3, -0.25) is 0 Å². The Morgan fingerprint density at radius 2 is 1.77 bits per heavy atom. The molecular formula is C23H32FN4O2+. The molecule has 0 aliphatic carbocycles. The van der Waals surface area contributed by atoms with Crippen molar-refractivity contribution in [1.29, 1.82) is 0 Å². The third-order valence-corrected chi connectivity index (χ3v) is 5.63. The maximum Gasteiger partial charge on any atom is 0.407 e. The predicted molar refractivity (Wildman–Crippen MR) is 118 cm³/mol. The molecule has 2 N–H and O–H groups in total. The molecule has 2 aromatic carbocycles. The molecule has 1 fully saturated rings. The van der Waals surface area contributed by atoms with Gasteiger partial charge < -0.3 is 24.8 Å². The van der Waals surface area contributed by atoms with E-state index in [1.54, 1.807) is 6.92 Å². The summed E-state index contributed by atoms with van der Waals surface area (Å²) in [4.78, 5) is 17.7. The molecule has 6 nitrogen and oxygen atoms in total. The lowest BCUT2D eigenvalue weighted by Crippen LogP contribution is -3.15. The minimum absolute atomic E-state index is 0.140. The van der Waals surface area contributed by atoms with Crippen molar-refractivity contribution in [2.45, 2.75) is 13.0 Å². The Morgan fingerprint density at radius 3 is 2.33 bits per heavy atom. The van der Waals surface area contributed by atoms with Crippen molar-refractivity contribution in [2.75, 3.05) is 63.2 Å². The average molecular weight is 416 g/mol. The van der Waals surface area contributed by atoms with Crippen LogP contribution in [-0.2, 0) is 4.74 Å². The van der Waals surface area contributed by atoms with Crippen LogP contribution in [0.15, 0.2) is 48.5 Å². The van der Waals surface area contributed by atoms with Crippen LogP contribution in [0.4, 0.5) is 20.6 Å². The van der Waals surface area contributed by atoms with Crippen LogP contribution in [-0.4, -0.2) is 59.5 Å². The molecule has 0 saturated carbocycles. The molecule has 1 heterocycles. The number of amides is 1. The molecule has 1 aliphatic heterocycles. The van der Waals surface area contributed by atoms with E-state index in [9.17, 15) is 9.18 Å². The number of hydrogen-bond acceptors (Lipinski definition) is 4. The Bertz CT molecular complexity index is 803. The Labute approximate surface area is 178 Å². The highest BCUT2D eigenvalue weighted by molar-refractivity contribution is 5.67. The molecular weight excluding hydrogens is 383 g/mol. The van der Waals surface area contributed by atoms with E-state index in [0.29, 0.717) is 13.2 Å². The van der Waals surface area contributed by atoms with Crippen LogP contribution in [0.3, 0.4) is 0 Å². The number of carbonyl (C=O) groups excluding carboxylic acids is 1. The van der Waals surface area contributed by atoms with Crippen molar-refractivity contribution >= 4 is 17.5 Å². The van der Waals surface area contributed by atoms with E-state index in [0.717, 1.165) is 37.6 Å². The standard InChI is InChI=1S/C23H31FN4O2/c1-4-30-23(29)25-17-22(18-5-9-20(10-6-18)26(2)3)28-15-13-27(14-16-28)21-11-7-19(24)8-12-21/h5-12,22H,4,13-17H2,1-3H3,(H,25,29)/p+1/t22-/m0/s1. The largest absolute Gasteiger partial charge is 0.450 e. The molecule has 1 saturated heterocycles. The van der Waals surface area contributed by atoms with Crippen LogP contribution >= 0.6 is 0 Å². The smallest absolute Gasteiger partial charge is 0.407 e. The summed E-state index contributed by atoms with van der Waals surface area (Å²) in [6, 6.07) is 15.3. The first-order valence-electron chi connectivity index (χ1n) is 10.5. The fourth-order valence-corrected chi connectivity index (χ4v) is 3.92. The molecule has 1 atom stereocenters. The van der Waals surface area contributed by atoms with Crippen molar-refractivity contribution in [3.63, 3.8) is 0 Å². The minimum Gasteiger partial charge on any atom is -0.450 e. The highest BCUT2D eigenvalue weighted by Crippen LogP contribution is 2.18. The van der Waals surface area contributed by atoms with Crippen molar-refractivity contribution in [2.24, 2.45) is 0 Å². The van der Waals surface area contributed by atoms with E-state index in [1.165, 1.54) is 22.6 Å². The van der Waals surface area contributed by atoms with E-state index in [2.05, 4.69) is 39.4 Å². The molecule has 7 heteroatoms. The number of anilines is 2. The third-order valence-electron chi connectivity index (χ3n) is 5.63. The summed E-state index contributed by atoms with van der Waals surface area (Å²) >= 11 is 0. The second-order valence-corrected chi connectivity index (χ2v) is 7.76. The SMILES string of the molecule is CCOC(=O)NC[C@@H](c1ccc(N(C)C)cc1)[NH+]1CCN(c2ccc(F)cc2)CC1. The Morgan fingerprint density at radius 1 is 1.13 bits per heavy atom. The van der Waals surface area contributed by atoms with E-state index in [4.69, 9.17) is 4.74 Å².